The minimum Gasteiger partial charge on any atom is -0.366 e. The highest BCUT2D eigenvalue weighted by molar-refractivity contribution is 7.92. The Morgan fingerprint density at radius 1 is 0.929 bits per heavy atom. The van der Waals surface area contributed by atoms with Gasteiger partial charge < -0.3 is 4.98 Å². The zero-order valence-corrected chi connectivity index (χ0v) is 8.01. The molecule has 0 spiro atoms. The van der Waals surface area contributed by atoms with E-state index in [0.717, 1.165) is 11.1 Å². The molecule has 0 saturated carbocycles. The van der Waals surface area contributed by atoms with E-state index < -0.39 is 9.84 Å². The van der Waals surface area contributed by atoms with E-state index >= 15 is 0 Å². The SMILES string of the molecule is O=S1(=O)c2ccccc2-c2c[nH]cc21. The molecular formula is C10H7NO2S. The van der Waals surface area contributed by atoms with Crippen molar-refractivity contribution in [1.82, 2.24) is 4.98 Å². The van der Waals surface area contributed by atoms with Crippen molar-refractivity contribution in [3.05, 3.63) is 36.7 Å². The molecule has 0 bridgehead atoms. The van der Waals surface area contributed by atoms with Crippen LogP contribution in [-0.2, 0) is 9.84 Å². The average Bonchev–Trinajstić information content (AvgIpc) is 2.72. The Labute approximate surface area is 81.3 Å². The van der Waals surface area contributed by atoms with Crippen LogP contribution in [0.1, 0.15) is 0 Å². The summed E-state index contributed by atoms with van der Waals surface area (Å²) in [6, 6.07) is 7.06. The van der Waals surface area contributed by atoms with Crippen LogP contribution >= 0.6 is 0 Å². The fourth-order valence-corrected chi connectivity index (χ4v) is 3.47. The van der Waals surface area contributed by atoms with Crippen molar-refractivity contribution < 1.29 is 8.42 Å². The molecule has 4 heteroatoms. The number of hydrogen-bond acceptors (Lipinski definition) is 2. The van der Waals surface area contributed by atoms with Gasteiger partial charge >= 0.3 is 0 Å². The van der Waals surface area contributed by atoms with E-state index in [1.54, 1.807) is 18.3 Å². The van der Waals surface area contributed by atoms with Gasteiger partial charge in [0.1, 0.15) is 0 Å². The van der Waals surface area contributed by atoms with Gasteiger partial charge in [-0.3, -0.25) is 0 Å². The lowest BCUT2D eigenvalue weighted by molar-refractivity contribution is 0.598. The number of benzene rings is 1. The number of nitrogens with one attached hydrogen (secondary N) is 1. The first-order chi connectivity index (χ1) is 6.71. The summed E-state index contributed by atoms with van der Waals surface area (Å²) in [7, 11) is -3.25. The van der Waals surface area contributed by atoms with E-state index in [1.807, 2.05) is 12.1 Å². The van der Waals surface area contributed by atoms with Crippen LogP contribution < -0.4 is 0 Å². The minimum absolute atomic E-state index is 0.388. The molecule has 1 N–H and O–H groups in total. The summed E-state index contributed by atoms with van der Waals surface area (Å²) in [6.07, 6.45) is 3.25. The largest absolute Gasteiger partial charge is 0.366 e. The molecule has 1 aliphatic heterocycles. The molecule has 3 rings (SSSR count). The monoisotopic (exact) mass is 205 g/mol. The maximum atomic E-state index is 11.9. The number of aromatic amines is 1. The molecule has 0 radical (unpaired) electrons. The summed E-state index contributed by atoms with van der Waals surface area (Å²) in [5.74, 6) is 0. The highest BCUT2D eigenvalue weighted by Crippen LogP contribution is 2.42. The Morgan fingerprint density at radius 3 is 2.57 bits per heavy atom. The Kier molecular flexibility index (Phi) is 1.27. The van der Waals surface area contributed by atoms with Gasteiger partial charge in [-0.2, -0.15) is 0 Å². The molecule has 3 nitrogen and oxygen atoms in total. The van der Waals surface area contributed by atoms with Crippen LogP contribution in [0, 0.1) is 0 Å². The molecule has 0 unspecified atom stereocenters. The first kappa shape index (κ1) is 7.82. The quantitative estimate of drug-likeness (QED) is 0.608. The summed E-state index contributed by atoms with van der Waals surface area (Å²) in [6.45, 7) is 0. The summed E-state index contributed by atoms with van der Waals surface area (Å²) in [5.41, 5.74) is 1.57. The summed E-state index contributed by atoms with van der Waals surface area (Å²) in [5, 5.41) is 0. The van der Waals surface area contributed by atoms with Gasteiger partial charge in [-0.1, -0.05) is 18.2 Å². The number of hydrogen-bond donors (Lipinski definition) is 1. The summed E-state index contributed by atoms with van der Waals surface area (Å²) in [4.78, 5) is 3.62. The fourth-order valence-electron chi connectivity index (χ4n) is 1.82. The Morgan fingerprint density at radius 2 is 1.71 bits per heavy atom. The van der Waals surface area contributed by atoms with Gasteiger partial charge in [-0.25, -0.2) is 8.42 Å². The number of H-pyrrole nitrogens is 1. The van der Waals surface area contributed by atoms with Crippen LogP contribution in [0.3, 0.4) is 0 Å². The minimum atomic E-state index is -3.25. The van der Waals surface area contributed by atoms with Crippen LogP contribution in [0.15, 0.2) is 46.5 Å². The maximum absolute atomic E-state index is 11.9. The third kappa shape index (κ3) is 0.743. The highest BCUT2D eigenvalue weighted by Gasteiger charge is 2.32. The zero-order valence-electron chi connectivity index (χ0n) is 7.19. The van der Waals surface area contributed by atoms with Crippen LogP contribution in [-0.4, -0.2) is 13.4 Å². The molecule has 0 atom stereocenters. The number of sulfone groups is 1. The molecule has 0 aliphatic carbocycles. The first-order valence-corrected chi connectivity index (χ1v) is 5.71. The van der Waals surface area contributed by atoms with Crippen molar-refractivity contribution in [1.29, 1.82) is 0 Å². The summed E-state index contributed by atoms with van der Waals surface area (Å²) < 4.78 is 23.8. The lowest BCUT2D eigenvalue weighted by Gasteiger charge is -1.96. The fraction of sp³-hybridized carbons (Fsp3) is 0. The van der Waals surface area contributed by atoms with E-state index in [4.69, 9.17) is 0 Å². The standard InChI is InChI=1S/C10H7NO2S/c12-14(13)9-4-2-1-3-7(9)8-5-11-6-10(8)14/h1-6,11H. The van der Waals surface area contributed by atoms with E-state index in [1.165, 1.54) is 6.20 Å². The number of rotatable bonds is 0. The smallest absolute Gasteiger partial charge is 0.209 e. The Hall–Kier alpha value is -1.55. The van der Waals surface area contributed by atoms with E-state index in [9.17, 15) is 8.42 Å². The van der Waals surface area contributed by atoms with Gasteiger partial charge in [0.25, 0.3) is 0 Å². The predicted octanol–water partition coefficient (Wildman–Crippen LogP) is 1.83. The summed E-state index contributed by atoms with van der Waals surface area (Å²) >= 11 is 0. The first-order valence-electron chi connectivity index (χ1n) is 4.22. The molecule has 1 aromatic heterocycles. The number of aromatic nitrogens is 1. The topological polar surface area (TPSA) is 49.9 Å². The third-order valence-corrected chi connectivity index (χ3v) is 4.32. The van der Waals surface area contributed by atoms with Crippen LogP contribution in [0.5, 0.6) is 0 Å². The van der Waals surface area contributed by atoms with Gasteiger partial charge in [-0.15, -0.1) is 0 Å². The second-order valence-electron chi connectivity index (χ2n) is 3.23. The van der Waals surface area contributed by atoms with Crippen molar-refractivity contribution in [2.45, 2.75) is 9.79 Å². The highest BCUT2D eigenvalue weighted by atomic mass is 32.2. The number of fused-ring (bicyclic) bond motifs is 3. The van der Waals surface area contributed by atoms with Gasteiger partial charge in [0.15, 0.2) is 0 Å². The zero-order chi connectivity index (χ0) is 9.76. The molecule has 0 fully saturated rings. The molecular weight excluding hydrogens is 198 g/mol. The molecule has 1 aromatic carbocycles. The molecule has 70 valence electrons. The van der Waals surface area contributed by atoms with Crippen molar-refractivity contribution in [2.75, 3.05) is 0 Å². The molecule has 0 amide bonds. The van der Waals surface area contributed by atoms with E-state index in [-0.39, 0.29) is 0 Å². The normalized spacial score (nSPS) is 16.3. The molecule has 2 aromatic rings. The van der Waals surface area contributed by atoms with E-state index in [2.05, 4.69) is 4.98 Å². The van der Waals surface area contributed by atoms with Gasteiger partial charge in [0, 0.05) is 23.5 Å². The van der Waals surface area contributed by atoms with Gasteiger partial charge in [0.05, 0.1) is 9.79 Å². The predicted molar refractivity (Wildman–Crippen MR) is 51.7 cm³/mol. The maximum Gasteiger partial charge on any atom is 0.209 e. The van der Waals surface area contributed by atoms with Crippen LogP contribution in [0.25, 0.3) is 11.1 Å². The lowest BCUT2D eigenvalue weighted by Crippen LogP contribution is -1.95. The second-order valence-corrected chi connectivity index (χ2v) is 5.12. The lowest BCUT2D eigenvalue weighted by atomic mass is 10.1. The third-order valence-electron chi connectivity index (χ3n) is 2.46. The van der Waals surface area contributed by atoms with E-state index in [0.29, 0.717) is 9.79 Å². The molecule has 14 heavy (non-hydrogen) atoms. The Balaban J connectivity index is 2.55. The molecule has 0 saturated heterocycles. The Bertz CT molecular complexity index is 611. The van der Waals surface area contributed by atoms with Crippen molar-refractivity contribution in [2.24, 2.45) is 0 Å². The van der Waals surface area contributed by atoms with Gasteiger partial charge in [-0.05, 0) is 6.07 Å². The van der Waals surface area contributed by atoms with Crippen LogP contribution in [0.2, 0.25) is 0 Å². The molecule has 1 aliphatic rings. The van der Waals surface area contributed by atoms with Crippen LogP contribution in [0.4, 0.5) is 0 Å². The molecule has 2 heterocycles. The second kappa shape index (κ2) is 2.27. The van der Waals surface area contributed by atoms with Crippen molar-refractivity contribution >= 4 is 9.84 Å². The van der Waals surface area contributed by atoms with Crippen molar-refractivity contribution in [3.8, 4) is 11.1 Å². The van der Waals surface area contributed by atoms with Gasteiger partial charge in [0.2, 0.25) is 9.84 Å². The average molecular weight is 205 g/mol. The van der Waals surface area contributed by atoms with Crippen molar-refractivity contribution in [3.63, 3.8) is 0 Å².